The second-order valence-electron chi connectivity index (χ2n) is 8.29. The smallest absolute Gasteiger partial charge is 0.417 e. The van der Waals surface area contributed by atoms with Crippen molar-refractivity contribution >= 4 is 17.7 Å². The van der Waals surface area contributed by atoms with Crippen LogP contribution in [0.25, 0.3) is 0 Å². The van der Waals surface area contributed by atoms with Gasteiger partial charge in [-0.2, -0.15) is 0 Å². The van der Waals surface area contributed by atoms with Gasteiger partial charge in [-0.05, 0) is 74.2 Å². The number of amides is 1. The number of hydrogen-bond donors (Lipinski definition) is 2. The monoisotopic (exact) mass is 479 g/mol. The van der Waals surface area contributed by atoms with E-state index in [0.29, 0.717) is 28.7 Å². The van der Waals surface area contributed by atoms with Crippen LogP contribution in [0.4, 0.5) is 10.5 Å². The number of aryl methyl sites for hydroxylation is 2. The van der Waals surface area contributed by atoms with Gasteiger partial charge in [0.1, 0.15) is 23.0 Å². The molecule has 0 fully saturated rings. The number of benzene rings is 3. The molecule has 0 saturated carbocycles. The van der Waals surface area contributed by atoms with Crippen molar-refractivity contribution in [2.75, 3.05) is 19.5 Å². The normalized spacial score (nSPS) is 10.9. The summed E-state index contributed by atoms with van der Waals surface area (Å²) >= 11 is 0. The number of carbonyl (C=O) groups excluding carboxylic acids is 1. The van der Waals surface area contributed by atoms with Crippen LogP contribution in [-0.4, -0.2) is 37.0 Å². The van der Waals surface area contributed by atoms with E-state index in [1.807, 2.05) is 30.3 Å². The van der Waals surface area contributed by atoms with Crippen LogP contribution in [0.3, 0.4) is 0 Å². The Kier molecular flexibility index (Phi) is 8.20. The molecule has 3 rings (SSSR count). The molecule has 8 heteroatoms. The molecule has 35 heavy (non-hydrogen) atoms. The molecule has 0 aliphatic rings. The van der Waals surface area contributed by atoms with E-state index in [2.05, 4.69) is 5.32 Å². The summed E-state index contributed by atoms with van der Waals surface area (Å²) in [6, 6.07) is 19.7. The molecule has 0 aliphatic carbocycles. The van der Waals surface area contributed by atoms with Crippen molar-refractivity contribution in [2.24, 2.45) is 0 Å². The Labute approximate surface area is 204 Å². The number of nitrogens with one attached hydrogen (secondary N) is 1. The third-order valence-corrected chi connectivity index (χ3v) is 5.27. The summed E-state index contributed by atoms with van der Waals surface area (Å²) in [6.45, 7) is 3.01. The van der Waals surface area contributed by atoms with Gasteiger partial charge >= 0.3 is 12.1 Å². The lowest BCUT2D eigenvalue weighted by Crippen LogP contribution is -2.37. The molecule has 3 aromatic carbocycles. The van der Waals surface area contributed by atoms with Crippen LogP contribution in [-0.2, 0) is 17.6 Å². The van der Waals surface area contributed by atoms with E-state index in [4.69, 9.17) is 18.9 Å². The van der Waals surface area contributed by atoms with Gasteiger partial charge < -0.3 is 24.1 Å². The number of hydrogen-bond acceptors (Lipinski definition) is 6. The van der Waals surface area contributed by atoms with Crippen molar-refractivity contribution in [1.82, 2.24) is 0 Å². The molecule has 1 amide bonds. The van der Waals surface area contributed by atoms with Crippen LogP contribution < -0.4 is 24.3 Å². The number of aliphatic carboxylic acids is 1. The van der Waals surface area contributed by atoms with E-state index >= 15 is 0 Å². The number of anilines is 1. The molecule has 0 radical (unpaired) electrons. The molecule has 0 saturated heterocycles. The van der Waals surface area contributed by atoms with Crippen molar-refractivity contribution < 1.29 is 33.6 Å². The quantitative estimate of drug-likeness (QED) is 0.404. The predicted molar refractivity (Wildman–Crippen MR) is 132 cm³/mol. The van der Waals surface area contributed by atoms with Gasteiger partial charge in [0, 0.05) is 6.07 Å². The SMILES string of the molecule is COc1ccc(NC(=O)Oc2cccc(CCc3ccc(OC(C)(C)C(=O)O)cc3)c2)c(OC)c1. The summed E-state index contributed by atoms with van der Waals surface area (Å²) < 4.78 is 21.4. The minimum Gasteiger partial charge on any atom is -0.497 e. The second kappa shape index (κ2) is 11.3. The van der Waals surface area contributed by atoms with Gasteiger partial charge in [-0.3, -0.25) is 5.32 Å². The summed E-state index contributed by atoms with van der Waals surface area (Å²) in [4.78, 5) is 23.6. The largest absolute Gasteiger partial charge is 0.497 e. The number of rotatable bonds is 10. The van der Waals surface area contributed by atoms with E-state index in [1.165, 1.54) is 21.0 Å². The zero-order valence-corrected chi connectivity index (χ0v) is 20.2. The van der Waals surface area contributed by atoms with Crippen molar-refractivity contribution in [2.45, 2.75) is 32.3 Å². The zero-order chi connectivity index (χ0) is 25.4. The highest BCUT2D eigenvalue weighted by molar-refractivity contribution is 5.88. The summed E-state index contributed by atoms with van der Waals surface area (Å²) in [5.41, 5.74) is 1.24. The first-order chi connectivity index (χ1) is 16.7. The van der Waals surface area contributed by atoms with Crippen LogP contribution in [0.2, 0.25) is 0 Å². The average Bonchev–Trinajstić information content (AvgIpc) is 2.83. The molecule has 0 aliphatic heterocycles. The number of carbonyl (C=O) groups is 2. The maximum atomic E-state index is 12.4. The van der Waals surface area contributed by atoms with Crippen LogP contribution in [0.1, 0.15) is 25.0 Å². The molecule has 2 N–H and O–H groups in total. The maximum absolute atomic E-state index is 12.4. The zero-order valence-electron chi connectivity index (χ0n) is 20.2. The van der Waals surface area contributed by atoms with E-state index in [0.717, 1.165) is 24.0 Å². The highest BCUT2D eigenvalue weighted by Gasteiger charge is 2.29. The molecule has 0 spiro atoms. The Morgan fingerprint density at radius 1 is 0.829 bits per heavy atom. The standard InChI is InChI=1S/C27H29NO7/c1-27(2,25(29)30)35-20-12-10-18(11-13-20)8-9-19-6-5-7-22(16-19)34-26(31)28-23-15-14-21(32-3)17-24(23)33-4/h5-7,10-17H,8-9H2,1-4H3,(H,28,31)(H,29,30). The lowest BCUT2D eigenvalue weighted by Gasteiger charge is -2.21. The number of ether oxygens (including phenoxy) is 4. The van der Waals surface area contributed by atoms with Gasteiger partial charge in [0.2, 0.25) is 0 Å². The molecule has 0 atom stereocenters. The Balaban J connectivity index is 1.57. The highest BCUT2D eigenvalue weighted by atomic mass is 16.6. The van der Waals surface area contributed by atoms with Gasteiger partial charge in [-0.25, -0.2) is 9.59 Å². The molecular formula is C27H29NO7. The Bertz CT molecular complexity index is 1170. The molecule has 0 bridgehead atoms. The first kappa shape index (κ1) is 25.4. The lowest BCUT2D eigenvalue weighted by molar-refractivity contribution is -0.152. The fraction of sp³-hybridized carbons (Fsp3) is 0.259. The van der Waals surface area contributed by atoms with E-state index in [-0.39, 0.29) is 0 Å². The topological polar surface area (TPSA) is 103 Å². The van der Waals surface area contributed by atoms with Crippen LogP contribution in [0.5, 0.6) is 23.0 Å². The summed E-state index contributed by atoms with van der Waals surface area (Å²) in [5, 5.41) is 11.9. The van der Waals surface area contributed by atoms with Crippen LogP contribution >= 0.6 is 0 Å². The van der Waals surface area contributed by atoms with Crippen molar-refractivity contribution in [1.29, 1.82) is 0 Å². The minimum atomic E-state index is -1.30. The molecule has 8 nitrogen and oxygen atoms in total. The molecule has 184 valence electrons. The summed E-state index contributed by atoms with van der Waals surface area (Å²) in [6.07, 6.45) is 0.846. The Morgan fingerprint density at radius 3 is 2.17 bits per heavy atom. The third kappa shape index (κ3) is 7.14. The van der Waals surface area contributed by atoms with E-state index < -0.39 is 17.7 Å². The second-order valence-corrected chi connectivity index (χ2v) is 8.29. The molecule has 0 unspecified atom stereocenters. The number of methoxy groups -OCH3 is 2. The van der Waals surface area contributed by atoms with Crippen LogP contribution in [0, 0.1) is 0 Å². The van der Waals surface area contributed by atoms with Crippen molar-refractivity contribution in [3.63, 3.8) is 0 Å². The van der Waals surface area contributed by atoms with Crippen molar-refractivity contribution in [3.05, 3.63) is 77.9 Å². The lowest BCUT2D eigenvalue weighted by atomic mass is 10.0. The Hall–Kier alpha value is -4.20. The van der Waals surface area contributed by atoms with Gasteiger partial charge in [0.05, 0.1) is 19.9 Å². The van der Waals surface area contributed by atoms with E-state index in [1.54, 1.807) is 43.5 Å². The first-order valence-corrected chi connectivity index (χ1v) is 11.0. The molecular weight excluding hydrogens is 450 g/mol. The Morgan fingerprint density at radius 2 is 1.51 bits per heavy atom. The fourth-order valence-electron chi connectivity index (χ4n) is 3.26. The van der Waals surface area contributed by atoms with Gasteiger partial charge in [0.15, 0.2) is 5.60 Å². The average molecular weight is 480 g/mol. The molecule has 0 aromatic heterocycles. The highest BCUT2D eigenvalue weighted by Crippen LogP contribution is 2.29. The fourth-order valence-corrected chi connectivity index (χ4v) is 3.26. The molecule has 0 heterocycles. The number of carboxylic acids is 1. The van der Waals surface area contributed by atoms with Gasteiger partial charge in [0.25, 0.3) is 0 Å². The third-order valence-electron chi connectivity index (χ3n) is 5.27. The summed E-state index contributed by atoms with van der Waals surface area (Å²) in [7, 11) is 3.06. The van der Waals surface area contributed by atoms with Crippen LogP contribution in [0.15, 0.2) is 66.7 Å². The van der Waals surface area contributed by atoms with Gasteiger partial charge in [-0.1, -0.05) is 24.3 Å². The first-order valence-electron chi connectivity index (χ1n) is 11.0. The van der Waals surface area contributed by atoms with Crippen molar-refractivity contribution in [3.8, 4) is 23.0 Å². The predicted octanol–water partition coefficient (Wildman–Crippen LogP) is 5.34. The van der Waals surface area contributed by atoms with Gasteiger partial charge in [-0.15, -0.1) is 0 Å². The summed E-state index contributed by atoms with van der Waals surface area (Å²) in [5.74, 6) is 0.960. The maximum Gasteiger partial charge on any atom is 0.417 e. The van der Waals surface area contributed by atoms with E-state index in [9.17, 15) is 14.7 Å². The number of carboxylic acid groups (broad SMARTS) is 1. The minimum absolute atomic E-state index is 0.423. The molecule has 3 aromatic rings.